The third-order valence-corrected chi connectivity index (χ3v) is 4.90. The minimum atomic E-state index is -0.507. The number of aromatic amines is 1. The van der Waals surface area contributed by atoms with Crippen LogP contribution in [0.2, 0.25) is 0 Å². The molecule has 0 aliphatic carbocycles. The van der Waals surface area contributed by atoms with Crippen LogP contribution in [0.1, 0.15) is 11.1 Å². The van der Waals surface area contributed by atoms with Crippen LogP contribution in [0, 0.1) is 6.92 Å². The number of methoxy groups -OCH3 is 1. The quantitative estimate of drug-likeness (QED) is 0.441. The Bertz CT molecular complexity index is 1180. The molecule has 6 nitrogen and oxygen atoms in total. The molecule has 1 aromatic heterocycles. The lowest BCUT2D eigenvalue weighted by Crippen LogP contribution is -2.15. The van der Waals surface area contributed by atoms with Gasteiger partial charge in [0, 0.05) is 28.4 Å². The molecule has 0 aliphatic rings. The molecular formula is C23H22N2O4. The summed E-state index contributed by atoms with van der Waals surface area (Å²) < 4.78 is 10.9. The molecule has 0 fully saturated rings. The molecular weight excluding hydrogens is 368 g/mol. The summed E-state index contributed by atoms with van der Waals surface area (Å²) in [6.07, 6.45) is -0.0396. The zero-order valence-corrected chi connectivity index (χ0v) is 16.3. The minimum absolute atomic E-state index is 0.189. The molecule has 0 radical (unpaired) electrons. The molecule has 148 valence electrons. The van der Waals surface area contributed by atoms with E-state index in [9.17, 15) is 9.90 Å². The van der Waals surface area contributed by atoms with Crippen molar-refractivity contribution in [3.05, 3.63) is 65.7 Å². The molecule has 4 aromatic rings. The number of phenols is 1. The lowest BCUT2D eigenvalue weighted by Gasteiger charge is -2.11. The lowest BCUT2D eigenvalue weighted by atomic mass is 10.0. The Hall–Kier alpha value is -3.67. The van der Waals surface area contributed by atoms with Crippen molar-refractivity contribution in [3.63, 3.8) is 0 Å². The van der Waals surface area contributed by atoms with Crippen LogP contribution >= 0.6 is 0 Å². The number of carbonyl (C=O) groups excluding carboxylic acids is 1. The van der Waals surface area contributed by atoms with Gasteiger partial charge in [-0.1, -0.05) is 18.2 Å². The van der Waals surface area contributed by atoms with Crippen LogP contribution in [0.5, 0.6) is 11.5 Å². The van der Waals surface area contributed by atoms with Crippen LogP contribution in [0.4, 0.5) is 10.5 Å². The third-order valence-electron chi connectivity index (χ3n) is 4.90. The van der Waals surface area contributed by atoms with Gasteiger partial charge in [0.15, 0.2) is 0 Å². The maximum absolute atomic E-state index is 12.0. The third kappa shape index (κ3) is 3.69. The van der Waals surface area contributed by atoms with Crippen molar-refractivity contribution in [1.82, 2.24) is 4.98 Å². The number of rotatable bonds is 5. The first kappa shape index (κ1) is 18.7. The maximum atomic E-state index is 12.0. The van der Waals surface area contributed by atoms with Gasteiger partial charge in [0.2, 0.25) is 0 Å². The van der Waals surface area contributed by atoms with Gasteiger partial charge in [-0.05, 0) is 48.9 Å². The van der Waals surface area contributed by atoms with Gasteiger partial charge in [-0.3, -0.25) is 5.32 Å². The van der Waals surface area contributed by atoms with Gasteiger partial charge >= 0.3 is 6.09 Å². The largest absolute Gasteiger partial charge is 0.506 e. The predicted molar refractivity (Wildman–Crippen MR) is 114 cm³/mol. The number of para-hydroxylation sites is 1. The van der Waals surface area contributed by atoms with E-state index >= 15 is 0 Å². The van der Waals surface area contributed by atoms with Crippen molar-refractivity contribution in [1.29, 1.82) is 0 Å². The molecule has 0 saturated carbocycles. The molecule has 0 spiro atoms. The number of hydrogen-bond donors (Lipinski definition) is 3. The summed E-state index contributed by atoms with van der Waals surface area (Å²) in [7, 11) is 1.61. The fourth-order valence-corrected chi connectivity index (χ4v) is 3.59. The second-order valence-corrected chi connectivity index (χ2v) is 6.88. The van der Waals surface area contributed by atoms with E-state index in [1.54, 1.807) is 25.3 Å². The van der Waals surface area contributed by atoms with Crippen LogP contribution in [-0.2, 0) is 11.2 Å². The molecule has 4 rings (SSSR count). The smallest absolute Gasteiger partial charge is 0.411 e. The number of aromatic nitrogens is 1. The lowest BCUT2D eigenvalue weighted by molar-refractivity contribution is 0.163. The number of hydrogen-bond acceptors (Lipinski definition) is 4. The zero-order valence-electron chi connectivity index (χ0n) is 16.3. The number of anilines is 1. The van der Waals surface area contributed by atoms with Crippen molar-refractivity contribution in [3.8, 4) is 11.5 Å². The Balaban J connectivity index is 1.59. The van der Waals surface area contributed by atoms with E-state index in [2.05, 4.69) is 10.3 Å². The van der Waals surface area contributed by atoms with Crippen molar-refractivity contribution >= 4 is 33.6 Å². The Morgan fingerprint density at radius 1 is 1.07 bits per heavy atom. The topological polar surface area (TPSA) is 83.6 Å². The summed E-state index contributed by atoms with van der Waals surface area (Å²) in [6.45, 7) is 2.14. The highest BCUT2D eigenvalue weighted by Gasteiger charge is 2.16. The average Bonchev–Trinajstić information content (AvgIpc) is 3.08. The Kier molecular flexibility index (Phi) is 4.99. The number of aromatic hydroxyl groups is 1. The van der Waals surface area contributed by atoms with Crippen molar-refractivity contribution in [2.24, 2.45) is 0 Å². The van der Waals surface area contributed by atoms with Crippen molar-refractivity contribution in [2.45, 2.75) is 13.3 Å². The predicted octanol–water partition coefficient (Wildman–Crippen LogP) is 5.13. The highest BCUT2D eigenvalue weighted by atomic mass is 16.5. The molecule has 0 saturated heterocycles. The van der Waals surface area contributed by atoms with Crippen LogP contribution in [-0.4, -0.2) is 29.9 Å². The molecule has 6 heteroatoms. The number of ether oxygens (including phenoxy) is 2. The molecule has 0 unspecified atom stereocenters. The van der Waals surface area contributed by atoms with Crippen LogP contribution in [0.15, 0.2) is 54.6 Å². The molecule has 1 heterocycles. The number of amides is 1. The monoisotopic (exact) mass is 390 g/mol. The van der Waals surface area contributed by atoms with E-state index in [1.165, 1.54) is 0 Å². The molecule has 29 heavy (non-hydrogen) atoms. The Morgan fingerprint density at radius 3 is 2.62 bits per heavy atom. The number of benzene rings is 3. The molecule has 3 aromatic carbocycles. The first-order chi connectivity index (χ1) is 14.1. The van der Waals surface area contributed by atoms with Gasteiger partial charge in [-0.15, -0.1) is 0 Å². The van der Waals surface area contributed by atoms with E-state index in [1.807, 2.05) is 43.3 Å². The van der Waals surface area contributed by atoms with E-state index < -0.39 is 6.09 Å². The molecule has 3 N–H and O–H groups in total. The van der Waals surface area contributed by atoms with E-state index in [4.69, 9.17) is 9.47 Å². The fourth-order valence-electron chi connectivity index (χ4n) is 3.59. The van der Waals surface area contributed by atoms with Gasteiger partial charge in [0.25, 0.3) is 0 Å². The van der Waals surface area contributed by atoms with Gasteiger partial charge in [0.05, 0.1) is 24.8 Å². The normalized spacial score (nSPS) is 11.0. The number of phenolic OH excluding ortho intramolecular Hbond substituents is 1. The molecule has 0 atom stereocenters. The van der Waals surface area contributed by atoms with Crippen molar-refractivity contribution in [2.75, 3.05) is 19.0 Å². The first-order valence-electron chi connectivity index (χ1n) is 9.36. The number of aryl methyl sites for hydroxylation is 1. The number of nitrogens with one attached hydrogen (secondary N) is 2. The van der Waals surface area contributed by atoms with E-state index in [0.29, 0.717) is 23.4 Å². The van der Waals surface area contributed by atoms with Gasteiger partial charge in [-0.2, -0.15) is 0 Å². The summed E-state index contributed by atoms with van der Waals surface area (Å²) in [6, 6.07) is 16.8. The minimum Gasteiger partial charge on any atom is -0.506 e. The fraction of sp³-hybridized carbons (Fsp3) is 0.174. The SMILES string of the molecule is COc1ccc2c([nH]c3c(O)cc(C)cc32)c1CCOC(=O)Nc1ccccc1. The highest BCUT2D eigenvalue weighted by Crippen LogP contribution is 2.37. The van der Waals surface area contributed by atoms with Gasteiger partial charge in [-0.25, -0.2) is 4.79 Å². The van der Waals surface area contributed by atoms with E-state index in [-0.39, 0.29) is 12.4 Å². The van der Waals surface area contributed by atoms with Gasteiger partial charge < -0.3 is 19.6 Å². The summed E-state index contributed by atoms with van der Waals surface area (Å²) in [5, 5.41) is 15.0. The van der Waals surface area contributed by atoms with Crippen molar-refractivity contribution < 1.29 is 19.4 Å². The number of carbonyl (C=O) groups is 1. The number of H-pyrrole nitrogens is 1. The Labute approximate surface area is 168 Å². The van der Waals surface area contributed by atoms with Crippen LogP contribution in [0.3, 0.4) is 0 Å². The summed E-state index contributed by atoms with van der Waals surface area (Å²) in [4.78, 5) is 15.3. The standard InChI is InChI=1S/C23H22N2O4/c1-14-12-18-16-8-9-20(28-2)17(21(16)25-22(18)19(26)13-14)10-11-29-23(27)24-15-6-4-3-5-7-15/h3-9,12-13,25-26H,10-11H2,1-2H3,(H,24,27). The zero-order chi connectivity index (χ0) is 20.4. The summed E-state index contributed by atoms with van der Waals surface area (Å²) in [5.74, 6) is 0.909. The summed E-state index contributed by atoms with van der Waals surface area (Å²) in [5.41, 5.74) is 4.11. The molecule has 1 amide bonds. The van der Waals surface area contributed by atoms with Gasteiger partial charge in [0.1, 0.15) is 11.5 Å². The van der Waals surface area contributed by atoms with Crippen LogP contribution < -0.4 is 10.1 Å². The highest BCUT2D eigenvalue weighted by molar-refractivity contribution is 6.10. The first-order valence-corrected chi connectivity index (χ1v) is 9.36. The second kappa shape index (κ2) is 7.75. The molecule has 0 bridgehead atoms. The van der Waals surface area contributed by atoms with Crippen LogP contribution in [0.25, 0.3) is 21.8 Å². The summed E-state index contributed by atoms with van der Waals surface area (Å²) >= 11 is 0. The number of fused-ring (bicyclic) bond motifs is 3. The maximum Gasteiger partial charge on any atom is 0.411 e. The second-order valence-electron chi connectivity index (χ2n) is 6.88. The Morgan fingerprint density at radius 2 is 1.86 bits per heavy atom. The average molecular weight is 390 g/mol. The molecule has 0 aliphatic heterocycles. The van der Waals surface area contributed by atoms with E-state index in [0.717, 1.165) is 27.4 Å².